The summed E-state index contributed by atoms with van der Waals surface area (Å²) in [6, 6.07) is 0.432. The number of aliphatic hydroxyl groups is 1. The summed E-state index contributed by atoms with van der Waals surface area (Å²) in [4.78, 5) is 16.6. The molecule has 0 saturated carbocycles. The van der Waals surface area contributed by atoms with Gasteiger partial charge < -0.3 is 20.2 Å². The number of urea groups is 1. The second kappa shape index (κ2) is 7.84. The molecule has 20 heavy (non-hydrogen) atoms. The SMILES string of the molecule is CCCN1CCC(NC(=O)N2CCC(CO)CC2)CC1. The third kappa shape index (κ3) is 4.35. The van der Waals surface area contributed by atoms with E-state index in [9.17, 15) is 4.79 Å². The number of hydrogen-bond acceptors (Lipinski definition) is 3. The number of rotatable bonds is 4. The molecule has 5 nitrogen and oxygen atoms in total. The van der Waals surface area contributed by atoms with Crippen LogP contribution >= 0.6 is 0 Å². The van der Waals surface area contributed by atoms with Crippen molar-refractivity contribution >= 4 is 6.03 Å². The molecule has 0 unspecified atom stereocenters. The fourth-order valence-corrected chi connectivity index (χ4v) is 3.20. The number of hydrogen-bond donors (Lipinski definition) is 2. The van der Waals surface area contributed by atoms with Gasteiger partial charge in [-0.1, -0.05) is 6.92 Å². The lowest BCUT2D eigenvalue weighted by atomic mass is 9.98. The fourth-order valence-electron chi connectivity index (χ4n) is 3.20. The molecule has 2 aliphatic rings. The van der Waals surface area contributed by atoms with E-state index in [2.05, 4.69) is 17.1 Å². The van der Waals surface area contributed by atoms with E-state index in [0.717, 1.165) is 51.9 Å². The van der Waals surface area contributed by atoms with Crippen LogP contribution in [0.25, 0.3) is 0 Å². The lowest BCUT2D eigenvalue weighted by molar-refractivity contribution is 0.131. The Labute approximate surface area is 122 Å². The molecule has 2 N–H and O–H groups in total. The summed E-state index contributed by atoms with van der Waals surface area (Å²) in [6.45, 7) is 7.42. The second-order valence-corrected chi connectivity index (χ2v) is 6.18. The van der Waals surface area contributed by atoms with Gasteiger partial charge in [-0.2, -0.15) is 0 Å². The summed E-state index contributed by atoms with van der Waals surface area (Å²) >= 11 is 0. The molecule has 0 atom stereocenters. The summed E-state index contributed by atoms with van der Waals surface area (Å²) in [5, 5.41) is 12.3. The van der Waals surface area contributed by atoms with Gasteiger partial charge in [0.15, 0.2) is 0 Å². The number of carbonyl (C=O) groups is 1. The normalized spacial score (nSPS) is 23.0. The molecule has 0 spiro atoms. The van der Waals surface area contributed by atoms with E-state index in [0.29, 0.717) is 12.0 Å². The van der Waals surface area contributed by atoms with Crippen molar-refractivity contribution in [3.63, 3.8) is 0 Å². The van der Waals surface area contributed by atoms with Crippen LogP contribution < -0.4 is 5.32 Å². The van der Waals surface area contributed by atoms with Gasteiger partial charge in [-0.3, -0.25) is 0 Å². The maximum Gasteiger partial charge on any atom is 0.317 e. The topological polar surface area (TPSA) is 55.8 Å². The van der Waals surface area contributed by atoms with Crippen molar-refractivity contribution in [1.29, 1.82) is 0 Å². The summed E-state index contributed by atoms with van der Waals surface area (Å²) in [6.07, 6.45) is 5.20. The van der Waals surface area contributed by atoms with Crippen molar-refractivity contribution in [3.05, 3.63) is 0 Å². The van der Waals surface area contributed by atoms with Crippen molar-refractivity contribution in [1.82, 2.24) is 15.1 Å². The third-order valence-electron chi connectivity index (χ3n) is 4.61. The third-order valence-corrected chi connectivity index (χ3v) is 4.61. The minimum Gasteiger partial charge on any atom is -0.396 e. The van der Waals surface area contributed by atoms with E-state index >= 15 is 0 Å². The number of piperidine rings is 2. The molecule has 0 aromatic carbocycles. The highest BCUT2D eigenvalue weighted by Crippen LogP contribution is 2.17. The molecular weight excluding hydrogens is 254 g/mol. The predicted molar refractivity (Wildman–Crippen MR) is 79.7 cm³/mol. The average Bonchev–Trinajstić information content (AvgIpc) is 2.49. The molecule has 2 fully saturated rings. The van der Waals surface area contributed by atoms with Gasteiger partial charge in [0, 0.05) is 38.8 Å². The van der Waals surface area contributed by atoms with Crippen LogP contribution in [0.15, 0.2) is 0 Å². The molecule has 2 rings (SSSR count). The molecule has 0 aromatic heterocycles. The lowest BCUT2D eigenvalue weighted by Gasteiger charge is -2.35. The predicted octanol–water partition coefficient (Wildman–Crippen LogP) is 1.27. The van der Waals surface area contributed by atoms with Gasteiger partial charge in [0.25, 0.3) is 0 Å². The molecule has 0 aromatic rings. The van der Waals surface area contributed by atoms with Crippen LogP contribution in [0.1, 0.15) is 39.0 Å². The van der Waals surface area contributed by atoms with Crippen molar-refractivity contribution in [3.8, 4) is 0 Å². The van der Waals surface area contributed by atoms with Gasteiger partial charge in [-0.15, -0.1) is 0 Å². The second-order valence-electron chi connectivity index (χ2n) is 6.18. The standard InChI is InChI=1S/C15H29N3O2/c1-2-7-17-8-5-14(6-9-17)16-15(20)18-10-3-13(12-19)4-11-18/h13-14,19H,2-12H2,1H3,(H,16,20). The quantitative estimate of drug-likeness (QED) is 0.817. The zero-order valence-electron chi connectivity index (χ0n) is 12.7. The Morgan fingerprint density at radius 1 is 1.15 bits per heavy atom. The molecule has 116 valence electrons. The fraction of sp³-hybridized carbons (Fsp3) is 0.933. The Morgan fingerprint density at radius 3 is 2.35 bits per heavy atom. The van der Waals surface area contributed by atoms with Crippen LogP contribution in [0.2, 0.25) is 0 Å². The minimum atomic E-state index is 0.0929. The van der Waals surface area contributed by atoms with E-state index in [4.69, 9.17) is 5.11 Å². The first kappa shape index (κ1) is 15.6. The Balaban J connectivity index is 1.68. The summed E-state index contributed by atoms with van der Waals surface area (Å²) < 4.78 is 0. The molecule has 5 heteroatoms. The van der Waals surface area contributed by atoms with Crippen molar-refractivity contribution < 1.29 is 9.90 Å². The van der Waals surface area contributed by atoms with E-state index in [1.165, 1.54) is 13.0 Å². The minimum absolute atomic E-state index is 0.0929. The zero-order valence-corrected chi connectivity index (χ0v) is 12.7. The largest absolute Gasteiger partial charge is 0.396 e. The number of aliphatic hydroxyl groups excluding tert-OH is 1. The Kier molecular flexibility index (Phi) is 6.10. The van der Waals surface area contributed by atoms with Crippen molar-refractivity contribution in [2.75, 3.05) is 39.3 Å². The highest BCUT2D eigenvalue weighted by atomic mass is 16.3. The van der Waals surface area contributed by atoms with Gasteiger partial charge in [-0.05, 0) is 44.6 Å². The monoisotopic (exact) mass is 283 g/mol. The van der Waals surface area contributed by atoms with Gasteiger partial charge in [0.2, 0.25) is 0 Å². The van der Waals surface area contributed by atoms with Gasteiger partial charge in [-0.25, -0.2) is 4.79 Å². The summed E-state index contributed by atoms with van der Waals surface area (Å²) in [5.41, 5.74) is 0. The van der Waals surface area contributed by atoms with Gasteiger partial charge in [0.05, 0.1) is 0 Å². The maximum absolute atomic E-state index is 12.2. The van der Waals surface area contributed by atoms with Crippen molar-refractivity contribution in [2.45, 2.75) is 45.1 Å². The van der Waals surface area contributed by atoms with Crippen molar-refractivity contribution in [2.24, 2.45) is 5.92 Å². The van der Waals surface area contributed by atoms with Crippen LogP contribution in [-0.4, -0.2) is 66.3 Å². The highest BCUT2D eigenvalue weighted by molar-refractivity contribution is 5.74. The Hall–Kier alpha value is -0.810. The van der Waals surface area contributed by atoms with Crippen LogP contribution in [0.3, 0.4) is 0 Å². The Bertz CT molecular complexity index is 295. The van der Waals surface area contributed by atoms with Gasteiger partial charge in [0.1, 0.15) is 0 Å². The zero-order chi connectivity index (χ0) is 14.4. The molecule has 0 aliphatic carbocycles. The van der Waals surface area contributed by atoms with E-state index in [1.807, 2.05) is 4.90 Å². The number of nitrogens with one attached hydrogen (secondary N) is 1. The van der Waals surface area contributed by atoms with E-state index < -0.39 is 0 Å². The molecule has 2 heterocycles. The lowest BCUT2D eigenvalue weighted by Crippen LogP contribution is -2.51. The first-order chi connectivity index (χ1) is 9.72. The number of likely N-dealkylation sites (tertiary alicyclic amines) is 2. The maximum atomic E-state index is 12.2. The molecule has 2 aliphatic heterocycles. The van der Waals surface area contributed by atoms with Crippen LogP contribution in [-0.2, 0) is 0 Å². The first-order valence-corrected chi connectivity index (χ1v) is 8.11. The van der Waals surface area contributed by atoms with E-state index in [1.54, 1.807) is 0 Å². The molecule has 2 saturated heterocycles. The number of carbonyl (C=O) groups excluding carboxylic acids is 1. The molecule has 0 radical (unpaired) electrons. The number of amides is 2. The summed E-state index contributed by atoms with van der Waals surface area (Å²) in [7, 11) is 0. The number of nitrogens with zero attached hydrogens (tertiary/aromatic N) is 2. The molecule has 2 amide bonds. The summed E-state index contributed by atoms with van der Waals surface area (Å²) in [5.74, 6) is 0.385. The Morgan fingerprint density at radius 2 is 1.80 bits per heavy atom. The smallest absolute Gasteiger partial charge is 0.317 e. The first-order valence-electron chi connectivity index (χ1n) is 8.11. The van der Waals surface area contributed by atoms with Crippen LogP contribution in [0.4, 0.5) is 4.79 Å². The molecule has 0 bridgehead atoms. The van der Waals surface area contributed by atoms with Crippen LogP contribution in [0.5, 0.6) is 0 Å². The van der Waals surface area contributed by atoms with E-state index in [-0.39, 0.29) is 12.6 Å². The highest BCUT2D eigenvalue weighted by Gasteiger charge is 2.25. The van der Waals surface area contributed by atoms with Gasteiger partial charge >= 0.3 is 6.03 Å². The van der Waals surface area contributed by atoms with Crippen LogP contribution in [0, 0.1) is 5.92 Å². The average molecular weight is 283 g/mol. The molecular formula is C15H29N3O2.